The Bertz CT molecular complexity index is 749. The minimum atomic E-state index is -2.97. The SMILES string of the molecule is COc1cc(CCC(=O)Nc2ccc(OC(F)F)c(Cl)c2)cc(OC)c1. The molecule has 0 atom stereocenters. The molecule has 5 nitrogen and oxygen atoms in total. The van der Waals surface area contributed by atoms with Crippen molar-refractivity contribution in [2.24, 2.45) is 0 Å². The standard InChI is InChI=1S/C18H18ClF2NO4/c1-24-13-7-11(8-14(10-13)25-2)3-6-17(23)22-12-4-5-16(15(19)9-12)26-18(20)21/h4-5,7-10,18H,3,6H2,1-2H3,(H,22,23). The van der Waals surface area contributed by atoms with Crippen LogP contribution >= 0.6 is 11.6 Å². The van der Waals surface area contributed by atoms with Gasteiger partial charge in [0.25, 0.3) is 0 Å². The summed E-state index contributed by atoms with van der Waals surface area (Å²) in [5.41, 5.74) is 1.28. The molecule has 0 heterocycles. The van der Waals surface area contributed by atoms with Crippen LogP contribution in [0.25, 0.3) is 0 Å². The average Bonchev–Trinajstić information content (AvgIpc) is 2.61. The lowest BCUT2D eigenvalue weighted by molar-refractivity contribution is -0.116. The van der Waals surface area contributed by atoms with Gasteiger partial charge < -0.3 is 19.5 Å². The maximum atomic E-state index is 12.2. The molecule has 8 heteroatoms. The third-order valence-electron chi connectivity index (χ3n) is 3.48. The van der Waals surface area contributed by atoms with Crippen molar-refractivity contribution in [3.63, 3.8) is 0 Å². The van der Waals surface area contributed by atoms with Gasteiger partial charge in [-0.05, 0) is 42.3 Å². The number of carbonyl (C=O) groups excluding carboxylic acids is 1. The molecular weight excluding hydrogens is 368 g/mol. The molecule has 0 aliphatic carbocycles. The smallest absolute Gasteiger partial charge is 0.387 e. The second-order valence-corrected chi connectivity index (χ2v) is 5.70. The topological polar surface area (TPSA) is 56.8 Å². The summed E-state index contributed by atoms with van der Waals surface area (Å²) in [7, 11) is 3.10. The van der Waals surface area contributed by atoms with Crippen molar-refractivity contribution < 1.29 is 27.8 Å². The van der Waals surface area contributed by atoms with Crippen LogP contribution in [0.3, 0.4) is 0 Å². The number of ether oxygens (including phenoxy) is 3. The van der Waals surface area contributed by atoms with Crippen LogP contribution in [0.1, 0.15) is 12.0 Å². The number of amides is 1. The average molecular weight is 386 g/mol. The van der Waals surface area contributed by atoms with Crippen molar-refractivity contribution in [2.75, 3.05) is 19.5 Å². The maximum Gasteiger partial charge on any atom is 0.387 e. The molecule has 0 saturated heterocycles. The lowest BCUT2D eigenvalue weighted by Crippen LogP contribution is -2.12. The van der Waals surface area contributed by atoms with E-state index in [1.807, 2.05) is 12.1 Å². The fraction of sp³-hybridized carbons (Fsp3) is 0.278. The molecule has 2 rings (SSSR count). The highest BCUT2D eigenvalue weighted by Gasteiger charge is 2.11. The first-order valence-electron chi connectivity index (χ1n) is 7.67. The number of methoxy groups -OCH3 is 2. The van der Waals surface area contributed by atoms with Crippen LogP contribution in [-0.4, -0.2) is 26.7 Å². The highest BCUT2D eigenvalue weighted by molar-refractivity contribution is 6.32. The highest BCUT2D eigenvalue weighted by Crippen LogP contribution is 2.29. The summed E-state index contributed by atoms with van der Waals surface area (Å²) in [4.78, 5) is 12.1. The van der Waals surface area contributed by atoms with Crippen molar-refractivity contribution in [1.82, 2.24) is 0 Å². The molecule has 0 bridgehead atoms. The largest absolute Gasteiger partial charge is 0.497 e. The van der Waals surface area contributed by atoms with Crippen LogP contribution in [0.5, 0.6) is 17.2 Å². The number of halogens is 3. The van der Waals surface area contributed by atoms with Crippen LogP contribution in [0.4, 0.5) is 14.5 Å². The van der Waals surface area contributed by atoms with Crippen LogP contribution in [-0.2, 0) is 11.2 Å². The van der Waals surface area contributed by atoms with Crippen LogP contribution in [0.2, 0.25) is 5.02 Å². The molecule has 0 saturated carbocycles. The second-order valence-electron chi connectivity index (χ2n) is 5.29. The zero-order chi connectivity index (χ0) is 19.1. The van der Waals surface area contributed by atoms with Crippen molar-refractivity contribution >= 4 is 23.2 Å². The van der Waals surface area contributed by atoms with E-state index in [9.17, 15) is 13.6 Å². The first-order chi connectivity index (χ1) is 12.4. The number of benzene rings is 2. The number of hydrogen-bond donors (Lipinski definition) is 1. The number of alkyl halides is 2. The number of hydrogen-bond acceptors (Lipinski definition) is 4. The molecule has 1 N–H and O–H groups in total. The molecule has 0 aliphatic heterocycles. The fourth-order valence-corrected chi connectivity index (χ4v) is 2.49. The Kier molecular flexibility index (Phi) is 7.03. The van der Waals surface area contributed by atoms with Gasteiger partial charge in [-0.25, -0.2) is 0 Å². The number of aryl methyl sites for hydroxylation is 1. The molecule has 140 valence electrons. The van der Waals surface area contributed by atoms with Crippen LogP contribution in [0.15, 0.2) is 36.4 Å². The quantitative estimate of drug-likeness (QED) is 0.725. The van der Waals surface area contributed by atoms with E-state index in [1.165, 1.54) is 18.2 Å². The summed E-state index contributed by atoms with van der Waals surface area (Å²) in [6, 6.07) is 9.46. The van der Waals surface area contributed by atoms with Crippen LogP contribution in [0, 0.1) is 0 Å². The summed E-state index contributed by atoms with van der Waals surface area (Å²) >= 11 is 5.86. The Labute approximate surface area is 154 Å². The van der Waals surface area contributed by atoms with Crippen molar-refractivity contribution in [2.45, 2.75) is 19.5 Å². The molecule has 1 amide bonds. The predicted molar refractivity (Wildman–Crippen MR) is 94.6 cm³/mol. The molecular formula is C18H18ClF2NO4. The molecule has 26 heavy (non-hydrogen) atoms. The molecule has 2 aromatic rings. The summed E-state index contributed by atoms with van der Waals surface area (Å²) in [5.74, 6) is 0.885. The van der Waals surface area contributed by atoms with E-state index in [0.29, 0.717) is 23.6 Å². The van der Waals surface area contributed by atoms with E-state index in [0.717, 1.165) is 5.56 Å². The van der Waals surface area contributed by atoms with Gasteiger partial charge in [0.1, 0.15) is 17.2 Å². The molecule has 2 aromatic carbocycles. The van der Waals surface area contributed by atoms with Crippen molar-refractivity contribution in [1.29, 1.82) is 0 Å². The lowest BCUT2D eigenvalue weighted by atomic mass is 10.1. The highest BCUT2D eigenvalue weighted by atomic mass is 35.5. The maximum absolute atomic E-state index is 12.2. The molecule has 0 aliphatic rings. The van der Waals surface area contributed by atoms with E-state index >= 15 is 0 Å². The lowest BCUT2D eigenvalue weighted by Gasteiger charge is -2.10. The molecule has 0 aromatic heterocycles. The van der Waals surface area contributed by atoms with Gasteiger partial charge in [-0.3, -0.25) is 4.79 Å². The van der Waals surface area contributed by atoms with Gasteiger partial charge >= 0.3 is 6.61 Å². The summed E-state index contributed by atoms with van der Waals surface area (Å²) in [6.07, 6.45) is 0.683. The number of nitrogens with one attached hydrogen (secondary N) is 1. The number of rotatable bonds is 8. The van der Waals surface area contributed by atoms with E-state index in [1.54, 1.807) is 20.3 Å². The Morgan fingerprint density at radius 3 is 2.31 bits per heavy atom. The third-order valence-corrected chi connectivity index (χ3v) is 3.78. The van der Waals surface area contributed by atoms with E-state index in [2.05, 4.69) is 10.1 Å². The van der Waals surface area contributed by atoms with Crippen molar-refractivity contribution in [3.05, 3.63) is 47.0 Å². The Balaban J connectivity index is 1.96. The van der Waals surface area contributed by atoms with Crippen molar-refractivity contribution in [3.8, 4) is 17.2 Å². The fourth-order valence-electron chi connectivity index (χ4n) is 2.26. The first kappa shape index (κ1) is 19.8. The Hall–Kier alpha value is -2.54. The molecule has 0 spiro atoms. The Morgan fingerprint density at radius 2 is 1.77 bits per heavy atom. The monoisotopic (exact) mass is 385 g/mol. The van der Waals surface area contributed by atoms with Gasteiger partial charge in [0.05, 0.1) is 19.2 Å². The van der Waals surface area contributed by atoms with E-state index < -0.39 is 6.61 Å². The zero-order valence-corrected chi connectivity index (χ0v) is 15.0. The van der Waals surface area contributed by atoms with Gasteiger partial charge in [-0.15, -0.1) is 0 Å². The van der Waals surface area contributed by atoms with Gasteiger partial charge in [-0.1, -0.05) is 11.6 Å². The number of anilines is 1. The van der Waals surface area contributed by atoms with Gasteiger partial charge in [-0.2, -0.15) is 8.78 Å². The molecule has 0 unspecified atom stereocenters. The Morgan fingerprint density at radius 1 is 1.12 bits per heavy atom. The summed E-state index contributed by atoms with van der Waals surface area (Å²) < 4.78 is 39.1. The third kappa shape index (κ3) is 5.77. The van der Waals surface area contributed by atoms with E-state index in [-0.39, 0.29) is 23.1 Å². The summed E-state index contributed by atoms with van der Waals surface area (Å²) in [5, 5.41) is 2.65. The molecule has 0 radical (unpaired) electrons. The van der Waals surface area contributed by atoms with Crippen LogP contribution < -0.4 is 19.5 Å². The van der Waals surface area contributed by atoms with Gasteiger partial charge in [0.15, 0.2) is 0 Å². The van der Waals surface area contributed by atoms with E-state index in [4.69, 9.17) is 21.1 Å². The minimum Gasteiger partial charge on any atom is -0.497 e. The predicted octanol–water partition coefficient (Wildman–Crippen LogP) is 4.53. The normalized spacial score (nSPS) is 10.5. The van der Waals surface area contributed by atoms with Gasteiger partial charge in [0, 0.05) is 18.2 Å². The van der Waals surface area contributed by atoms with Gasteiger partial charge in [0.2, 0.25) is 5.91 Å². The zero-order valence-electron chi connectivity index (χ0n) is 14.2. The second kappa shape index (κ2) is 9.24. The minimum absolute atomic E-state index is 0.0133. The molecule has 0 fully saturated rings. The summed E-state index contributed by atoms with van der Waals surface area (Å²) in [6.45, 7) is -2.97. The first-order valence-corrected chi connectivity index (χ1v) is 8.05. The number of carbonyl (C=O) groups is 1.